The molecule has 0 aliphatic carbocycles. The smallest absolute Gasteiger partial charge is 0.246 e. The molecule has 0 spiro atoms. The van der Waals surface area contributed by atoms with Gasteiger partial charge in [-0.05, 0) is 12.8 Å². The first-order valence-corrected chi connectivity index (χ1v) is 3.37. The Balaban J connectivity index is 2.24. The first-order valence-electron chi connectivity index (χ1n) is 3.37. The molecule has 48 valence electrons. The maximum atomic E-state index is 10.9. The van der Waals surface area contributed by atoms with Crippen LogP contribution in [0.4, 0.5) is 0 Å². The second-order valence-corrected chi connectivity index (χ2v) is 2.60. The molecule has 1 fully saturated rings. The van der Waals surface area contributed by atoms with Crippen LogP contribution in [0, 0.1) is 0 Å². The maximum Gasteiger partial charge on any atom is 0.246 e. The summed E-state index contributed by atoms with van der Waals surface area (Å²) in [4.78, 5) is 12.8. The van der Waals surface area contributed by atoms with Crippen LogP contribution in [0.1, 0.15) is 12.8 Å². The number of nitrogens with zero attached hydrogens (tertiary/aromatic N) is 1. The summed E-state index contributed by atoms with van der Waals surface area (Å²) in [5.74, 6) is 0.206. The second kappa shape index (κ2) is 1.59. The molecule has 1 unspecified atom stereocenters. The van der Waals surface area contributed by atoms with Crippen molar-refractivity contribution >= 4 is 5.91 Å². The van der Waals surface area contributed by atoms with E-state index in [1.165, 1.54) is 12.8 Å². The molecule has 2 aliphatic rings. The molecule has 0 aromatic carbocycles. The number of rotatable bonds is 0. The van der Waals surface area contributed by atoms with Gasteiger partial charge in [-0.3, -0.25) is 4.79 Å². The molecule has 1 amide bonds. The normalized spacial score (nSPS) is 31.8. The van der Waals surface area contributed by atoms with Crippen LogP contribution in [0.5, 0.6) is 0 Å². The van der Waals surface area contributed by atoms with Gasteiger partial charge in [0.1, 0.15) is 0 Å². The Morgan fingerprint density at radius 1 is 1.67 bits per heavy atom. The van der Waals surface area contributed by atoms with Crippen LogP contribution in [-0.4, -0.2) is 23.4 Å². The molecule has 2 aliphatic heterocycles. The molecule has 1 atom stereocenters. The van der Waals surface area contributed by atoms with Gasteiger partial charge in [0.05, 0.1) is 6.04 Å². The van der Waals surface area contributed by atoms with Gasteiger partial charge < -0.3 is 4.90 Å². The number of hydrogen-bond donors (Lipinski definition) is 0. The molecule has 2 nitrogen and oxygen atoms in total. The van der Waals surface area contributed by atoms with Crippen molar-refractivity contribution in [3.63, 3.8) is 0 Å². The molecule has 0 saturated carbocycles. The quantitative estimate of drug-likeness (QED) is 0.460. The van der Waals surface area contributed by atoms with Gasteiger partial charge >= 0.3 is 0 Å². The van der Waals surface area contributed by atoms with E-state index in [0.717, 1.165) is 6.54 Å². The van der Waals surface area contributed by atoms with Crippen molar-refractivity contribution in [1.82, 2.24) is 4.90 Å². The number of amides is 1. The highest BCUT2D eigenvalue weighted by atomic mass is 16.2. The molecule has 9 heavy (non-hydrogen) atoms. The average molecular weight is 123 g/mol. The maximum absolute atomic E-state index is 10.9. The zero-order valence-corrected chi connectivity index (χ0v) is 5.21. The third-order valence-electron chi connectivity index (χ3n) is 2.04. The lowest BCUT2D eigenvalue weighted by molar-refractivity contribution is -0.124. The van der Waals surface area contributed by atoms with Crippen molar-refractivity contribution in [2.45, 2.75) is 18.9 Å². The Hall–Kier alpha value is -0.790. The molecule has 2 rings (SSSR count). The van der Waals surface area contributed by atoms with Gasteiger partial charge in [-0.1, -0.05) is 6.08 Å². The Bertz CT molecular complexity index is 174. The van der Waals surface area contributed by atoms with Crippen LogP contribution in [-0.2, 0) is 4.79 Å². The van der Waals surface area contributed by atoms with Gasteiger partial charge in [-0.2, -0.15) is 0 Å². The predicted octanol–water partition coefficient (Wildman–Crippen LogP) is 0.547. The fraction of sp³-hybridized carbons (Fsp3) is 0.571. The van der Waals surface area contributed by atoms with E-state index in [9.17, 15) is 4.79 Å². The van der Waals surface area contributed by atoms with Crippen molar-refractivity contribution in [3.05, 3.63) is 12.2 Å². The largest absolute Gasteiger partial charge is 0.333 e. The molecule has 2 heterocycles. The highest BCUT2D eigenvalue weighted by molar-refractivity contribution is 5.90. The highest BCUT2D eigenvalue weighted by Gasteiger charge is 2.29. The summed E-state index contributed by atoms with van der Waals surface area (Å²) >= 11 is 0. The summed E-state index contributed by atoms with van der Waals surface area (Å²) in [6.45, 7) is 0.969. The molecule has 0 bridgehead atoms. The summed E-state index contributed by atoms with van der Waals surface area (Å²) in [5.41, 5.74) is 0. The van der Waals surface area contributed by atoms with E-state index in [4.69, 9.17) is 0 Å². The van der Waals surface area contributed by atoms with E-state index in [0.29, 0.717) is 6.04 Å². The second-order valence-electron chi connectivity index (χ2n) is 2.60. The van der Waals surface area contributed by atoms with Crippen molar-refractivity contribution < 1.29 is 4.79 Å². The molecular formula is C7H9NO. The fourth-order valence-corrected chi connectivity index (χ4v) is 1.56. The van der Waals surface area contributed by atoms with E-state index in [-0.39, 0.29) is 5.91 Å². The molecular weight excluding hydrogens is 114 g/mol. The molecule has 0 radical (unpaired) electrons. The van der Waals surface area contributed by atoms with Crippen molar-refractivity contribution in [3.8, 4) is 0 Å². The van der Waals surface area contributed by atoms with Crippen LogP contribution in [0.25, 0.3) is 0 Å². The lowest BCUT2D eigenvalue weighted by atomic mass is 10.2. The van der Waals surface area contributed by atoms with Crippen LogP contribution in [0.15, 0.2) is 12.2 Å². The number of carbonyl (C=O) groups excluding carboxylic acids is 1. The SMILES string of the molecule is O=C1C=CC2CCCN12. The van der Waals surface area contributed by atoms with Gasteiger partial charge in [0, 0.05) is 12.6 Å². The van der Waals surface area contributed by atoms with Crippen LogP contribution in [0.3, 0.4) is 0 Å². The van der Waals surface area contributed by atoms with Gasteiger partial charge in [0.2, 0.25) is 5.91 Å². The van der Waals surface area contributed by atoms with Gasteiger partial charge in [-0.25, -0.2) is 0 Å². The summed E-state index contributed by atoms with van der Waals surface area (Å²) in [6.07, 6.45) is 6.04. The van der Waals surface area contributed by atoms with Gasteiger partial charge in [0.25, 0.3) is 0 Å². The zero-order chi connectivity index (χ0) is 6.27. The van der Waals surface area contributed by atoms with Crippen LogP contribution >= 0.6 is 0 Å². The van der Waals surface area contributed by atoms with Crippen molar-refractivity contribution in [2.24, 2.45) is 0 Å². The highest BCUT2D eigenvalue weighted by Crippen LogP contribution is 2.22. The Labute approximate surface area is 54.1 Å². The van der Waals surface area contributed by atoms with E-state index in [1.807, 2.05) is 11.0 Å². The van der Waals surface area contributed by atoms with E-state index >= 15 is 0 Å². The Morgan fingerprint density at radius 3 is 3.33 bits per heavy atom. The first-order chi connectivity index (χ1) is 4.38. The Morgan fingerprint density at radius 2 is 2.56 bits per heavy atom. The van der Waals surface area contributed by atoms with E-state index in [1.54, 1.807) is 6.08 Å². The molecule has 0 aromatic rings. The molecule has 2 heteroatoms. The topological polar surface area (TPSA) is 20.3 Å². The fourth-order valence-electron chi connectivity index (χ4n) is 1.56. The Kier molecular flexibility index (Phi) is 0.891. The van der Waals surface area contributed by atoms with Gasteiger partial charge in [-0.15, -0.1) is 0 Å². The van der Waals surface area contributed by atoms with Crippen LogP contribution in [0.2, 0.25) is 0 Å². The van der Waals surface area contributed by atoms with Crippen LogP contribution < -0.4 is 0 Å². The number of fused-ring (bicyclic) bond motifs is 1. The third-order valence-corrected chi connectivity index (χ3v) is 2.04. The summed E-state index contributed by atoms with van der Waals surface area (Å²) in [5, 5.41) is 0. The lowest BCUT2D eigenvalue weighted by Gasteiger charge is -2.13. The summed E-state index contributed by atoms with van der Waals surface area (Å²) < 4.78 is 0. The zero-order valence-electron chi connectivity index (χ0n) is 5.21. The third kappa shape index (κ3) is 0.590. The first kappa shape index (κ1) is 5.03. The molecule has 0 N–H and O–H groups in total. The number of carbonyl (C=O) groups is 1. The van der Waals surface area contributed by atoms with E-state index in [2.05, 4.69) is 0 Å². The molecule has 0 aromatic heterocycles. The predicted molar refractivity (Wildman–Crippen MR) is 33.9 cm³/mol. The standard InChI is InChI=1S/C7H9NO/c9-7-4-3-6-2-1-5-8(6)7/h3-4,6H,1-2,5H2. The summed E-state index contributed by atoms with van der Waals surface area (Å²) in [7, 11) is 0. The van der Waals surface area contributed by atoms with Crippen molar-refractivity contribution in [2.75, 3.05) is 6.54 Å². The average Bonchev–Trinajstić information content (AvgIpc) is 2.35. The lowest BCUT2D eigenvalue weighted by Crippen LogP contribution is -2.27. The minimum atomic E-state index is 0.206. The minimum Gasteiger partial charge on any atom is -0.333 e. The van der Waals surface area contributed by atoms with E-state index < -0.39 is 0 Å². The minimum absolute atomic E-state index is 0.206. The summed E-state index contributed by atoms with van der Waals surface area (Å²) in [6, 6.07) is 0.456. The van der Waals surface area contributed by atoms with Gasteiger partial charge in [0.15, 0.2) is 0 Å². The van der Waals surface area contributed by atoms with Crippen molar-refractivity contribution in [1.29, 1.82) is 0 Å². The number of hydrogen-bond acceptors (Lipinski definition) is 1. The molecule has 1 saturated heterocycles. The monoisotopic (exact) mass is 123 g/mol.